The molecule has 0 aliphatic rings. The van der Waals surface area contributed by atoms with E-state index in [1.54, 1.807) is 19.2 Å². The molecular formula is C13H16N2O3. The number of rotatable bonds is 5. The third kappa shape index (κ3) is 3.76. The minimum atomic E-state index is -0.195. The lowest BCUT2D eigenvalue weighted by atomic mass is 10.1. The molecule has 0 fully saturated rings. The van der Waals surface area contributed by atoms with Gasteiger partial charge in [0.2, 0.25) is 5.91 Å². The lowest BCUT2D eigenvalue weighted by Crippen LogP contribution is -2.18. The predicted octanol–water partition coefficient (Wildman–Crippen LogP) is 1.17. The van der Waals surface area contributed by atoms with Crippen LogP contribution in [0, 0.1) is 0 Å². The summed E-state index contributed by atoms with van der Waals surface area (Å²) in [6.07, 6.45) is 0.790. The fourth-order valence-electron chi connectivity index (χ4n) is 1.48. The summed E-state index contributed by atoms with van der Waals surface area (Å²) in [7, 11) is 1.57. The first kappa shape index (κ1) is 14.0. The van der Waals surface area contributed by atoms with Crippen LogP contribution in [0.3, 0.4) is 0 Å². The predicted molar refractivity (Wildman–Crippen MR) is 66.6 cm³/mol. The van der Waals surface area contributed by atoms with Gasteiger partial charge >= 0.3 is 0 Å². The molecule has 0 bridgehead atoms. The lowest BCUT2D eigenvalue weighted by molar-refractivity contribution is -0.120. The monoisotopic (exact) mass is 248 g/mol. The van der Waals surface area contributed by atoms with Crippen LogP contribution in [0.4, 0.5) is 0 Å². The van der Waals surface area contributed by atoms with Gasteiger partial charge in [-0.15, -0.1) is 0 Å². The molecule has 0 saturated carbocycles. The van der Waals surface area contributed by atoms with E-state index in [1.165, 1.54) is 13.8 Å². The molecule has 0 saturated heterocycles. The van der Waals surface area contributed by atoms with Gasteiger partial charge < -0.3 is 5.32 Å². The van der Waals surface area contributed by atoms with Gasteiger partial charge in [0.15, 0.2) is 11.6 Å². The van der Waals surface area contributed by atoms with Crippen LogP contribution in [0.15, 0.2) is 12.1 Å². The van der Waals surface area contributed by atoms with Crippen LogP contribution in [-0.2, 0) is 11.2 Å². The molecular weight excluding hydrogens is 232 g/mol. The second-order valence-corrected chi connectivity index (χ2v) is 4.03. The SMILES string of the molecule is CNC(=O)CCc1cc(C(C)=O)nc(C(C)=O)c1. The maximum atomic E-state index is 11.3. The standard InChI is InChI=1S/C13H16N2O3/c1-8(16)11-6-10(4-5-13(18)14-3)7-12(15-11)9(2)17/h6-7H,4-5H2,1-3H3,(H,14,18). The van der Waals surface area contributed by atoms with Crippen molar-refractivity contribution in [1.82, 2.24) is 10.3 Å². The van der Waals surface area contributed by atoms with Crippen molar-refractivity contribution in [2.24, 2.45) is 0 Å². The number of amides is 1. The van der Waals surface area contributed by atoms with Gasteiger partial charge in [-0.05, 0) is 24.1 Å². The number of nitrogens with one attached hydrogen (secondary N) is 1. The minimum absolute atomic E-state index is 0.0828. The van der Waals surface area contributed by atoms with Crippen LogP contribution < -0.4 is 5.32 Å². The van der Waals surface area contributed by atoms with E-state index in [4.69, 9.17) is 0 Å². The van der Waals surface area contributed by atoms with Crippen LogP contribution in [0.5, 0.6) is 0 Å². The summed E-state index contributed by atoms with van der Waals surface area (Å²) in [4.78, 5) is 37.8. The van der Waals surface area contributed by atoms with E-state index in [0.717, 1.165) is 5.56 Å². The molecule has 1 heterocycles. The first-order chi connectivity index (χ1) is 8.43. The van der Waals surface area contributed by atoms with Crippen molar-refractivity contribution >= 4 is 17.5 Å². The zero-order valence-electron chi connectivity index (χ0n) is 10.7. The Morgan fingerprint density at radius 2 is 1.61 bits per heavy atom. The second kappa shape index (κ2) is 6.05. The van der Waals surface area contributed by atoms with Gasteiger partial charge in [0, 0.05) is 27.3 Å². The molecule has 0 radical (unpaired) electrons. The molecule has 0 aliphatic heterocycles. The summed E-state index contributed by atoms with van der Waals surface area (Å²) in [5.41, 5.74) is 1.29. The lowest BCUT2D eigenvalue weighted by Gasteiger charge is -2.05. The van der Waals surface area contributed by atoms with Crippen molar-refractivity contribution in [2.45, 2.75) is 26.7 Å². The Balaban J connectivity index is 3.00. The number of pyridine rings is 1. The van der Waals surface area contributed by atoms with Gasteiger partial charge in [0.25, 0.3) is 0 Å². The third-order valence-corrected chi connectivity index (χ3v) is 2.53. The fraction of sp³-hybridized carbons (Fsp3) is 0.385. The Kier molecular flexibility index (Phi) is 4.71. The van der Waals surface area contributed by atoms with Gasteiger partial charge in [0.1, 0.15) is 11.4 Å². The average Bonchev–Trinajstić information content (AvgIpc) is 2.35. The van der Waals surface area contributed by atoms with Crippen molar-refractivity contribution in [3.8, 4) is 0 Å². The smallest absolute Gasteiger partial charge is 0.220 e. The van der Waals surface area contributed by atoms with Crippen LogP contribution in [-0.4, -0.2) is 29.5 Å². The first-order valence-electron chi connectivity index (χ1n) is 5.67. The van der Waals surface area contributed by atoms with Gasteiger partial charge in [-0.2, -0.15) is 0 Å². The number of nitrogens with zero attached hydrogens (tertiary/aromatic N) is 1. The molecule has 1 rings (SSSR count). The highest BCUT2D eigenvalue weighted by Gasteiger charge is 2.10. The Morgan fingerprint density at radius 1 is 1.11 bits per heavy atom. The summed E-state index contributed by atoms with van der Waals surface area (Å²) >= 11 is 0. The van der Waals surface area contributed by atoms with E-state index >= 15 is 0 Å². The number of hydrogen-bond donors (Lipinski definition) is 1. The average molecular weight is 248 g/mol. The minimum Gasteiger partial charge on any atom is -0.359 e. The highest BCUT2D eigenvalue weighted by molar-refractivity contribution is 5.96. The normalized spacial score (nSPS) is 9.94. The Labute approximate surface area is 106 Å². The molecule has 18 heavy (non-hydrogen) atoms. The van der Waals surface area contributed by atoms with Gasteiger partial charge in [-0.1, -0.05) is 0 Å². The summed E-state index contributed by atoms with van der Waals surface area (Å²) in [6.45, 7) is 2.80. The van der Waals surface area contributed by atoms with Crippen LogP contribution in [0.1, 0.15) is 46.8 Å². The molecule has 0 atom stereocenters. The molecule has 1 aromatic heterocycles. The summed E-state index contributed by atoms with van der Waals surface area (Å²) in [6, 6.07) is 3.25. The second-order valence-electron chi connectivity index (χ2n) is 4.03. The number of carbonyl (C=O) groups is 3. The number of carbonyl (C=O) groups excluding carboxylic acids is 3. The van der Waals surface area contributed by atoms with E-state index in [2.05, 4.69) is 10.3 Å². The molecule has 1 N–H and O–H groups in total. The Bertz CT molecular complexity index is 463. The number of aromatic nitrogens is 1. The van der Waals surface area contributed by atoms with Crippen molar-refractivity contribution in [2.75, 3.05) is 7.05 Å². The van der Waals surface area contributed by atoms with E-state index in [0.29, 0.717) is 12.8 Å². The zero-order chi connectivity index (χ0) is 13.7. The molecule has 0 aromatic carbocycles. The number of aryl methyl sites for hydroxylation is 1. The van der Waals surface area contributed by atoms with Crippen LogP contribution in [0.25, 0.3) is 0 Å². The summed E-state index contributed by atoms with van der Waals surface area (Å²) in [5, 5.41) is 2.52. The highest BCUT2D eigenvalue weighted by atomic mass is 16.1. The van der Waals surface area contributed by atoms with Crippen molar-refractivity contribution in [3.05, 3.63) is 29.1 Å². The summed E-state index contributed by atoms with van der Waals surface area (Å²) < 4.78 is 0. The van der Waals surface area contributed by atoms with Crippen LogP contribution in [0.2, 0.25) is 0 Å². The molecule has 0 aliphatic carbocycles. The number of Topliss-reactive ketones (excluding diaryl/α,β-unsaturated/α-hetero) is 2. The molecule has 0 spiro atoms. The maximum absolute atomic E-state index is 11.3. The number of hydrogen-bond acceptors (Lipinski definition) is 4. The zero-order valence-corrected chi connectivity index (χ0v) is 10.7. The van der Waals surface area contributed by atoms with E-state index in [1.807, 2.05) is 0 Å². The van der Waals surface area contributed by atoms with E-state index in [9.17, 15) is 14.4 Å². The summed E-state index contributed by atoms with van der Waals surface area (Å²) in [5.74, 6) is -0.473. The van der Waals surface area contributed by atoms with Gasteiger partial charge in [-0.3, -0.25) is 14.4 Å². The maximum Gasteiger partial charge on any atom is 0.220 e. The Hall–Kier alpha value is -2.04. The van der Waals surface area contributed by atoms with E-state index < -0.39 is 0 Å². The molecule has 96 valence electrons. The number of ketones is 2. The molecule has 5 heteroatoms. The molecule has 1 amide bonds. The molecule has 1 aromatic rings. The van der Waals surface area contributed by atoms with Gasteiger partial charge in [0.05, 0.1) is 0 Å². The topological polar surface area (TPSA) is 76.1 Å². The highest BCUT2D eigenvalue weighted by Crippen LogP contribution is 2.10. The first-order valence-corrected chi connectivity index (χ1v) is 5.67. The molecule has 5 nitrogen and oxygen atoms in total. The van der Waals surface area contributed by atoms with Crippen molar-refractivity contribution in [3.63, 3.8) is 0 Å². The Morgan fingerprint density at radius 3 is 2.00 bits per heavy atom. The van der Waals surface area contributed by atoms with Gasteiger partial charge in [-0.25, -0.2) is 4.98 Å². The quantitative estimate of drug-likeness (QED) is 0.793. The van der Waals surface area contributed by atoms with Crippen LogP contribution >= 0.6 is 0 Å². The van der Waals surface area contributed by atoms with Crippen molar-refractivity contribution < 1.29 is 14.4 Å². The fourth-order valence-corrected chi connectivity index (χ4v) is 1.48. The molecule has 0 unspecified atom stereocenters. The third-order valence-electron chi connectivity index (χ3n) is 2.53. The van der Waals surface area contributed by atoms with E-state index in [-0.39, 0.29) is 28.9 Å². The largest absolute Gasteiger partial charge is 0.359 e. The van der Waals surface area contributed by atoms with Crippen molar-refractivity contribution in [1.29, 1.82) is 0 Å².